The molecule has 0 saturated heterocycles. The summed E-state index contributed by atoms with van der Waals surface area (Å²) in [7, 11) is 0. The topological polar surface area (TPSA) is 71.1 Å². The second kappa shape index (κ2) is 10.3. The molecule has 0 bridgehead atoms. The highest BCUT2D eigenvalue weighted by molar-refractivity contribution is 7.99. The van der Waals surface area contributed by atoms with Crippen LogP contribution in [0.15, 0.2) is 67.0 Å². The summed E-state index contributed by atoms with van der Waals surface area (Å²) in [5.41, 5.74) is -0.648. The lowest BCUT2D eigenvalue weighted by molar-refractivity contribution is -0.136. The average Bonchev–Trinajstić information content (AvgIpc) is 2.75. The van der Waals surface area contributed by atoms with Crippen LogP contribution in [0.4, 0.5) is 28.9 Å². The van der Waals surface area contributed by atoms with E-state index in [2.05, 4.69) is 15.6 Å². The summed E-state index contributed by atoms with van der Waals surface area (Å²) in [4.78, 5) is 28.3. The first-order chi connectivity index (χ1) is 15.2. The Labute approximate surface area is 185 Å². The van der Waals surface area contributed by atoms with Gasteiger partial charge in [-0.05, 0) is 54.1 Å². The molecule has 2 N–H and O–H groups in total. The molecule has 166 valence electrons. The van der Waals surface area contributed by atoms with Gasteiger partial charge in [-0.15, -0.1) is 11.8 Å². The van der Waals surface area contributed by atoms with Crippen LogP contribution in [0.3, 0.4) is 0 Å². The fourth-order valence-corrected chi connectivity index (χ4v) is 3.47. The van der Waals surface area contributed by atoms with E-state index in [9.17, 15) is 27.2 Å². The molecule has 1 aromatic heterocycles. The Morgan fingerprint density at radius 3 is 2.41 bits per heavy atom. The van der Waals surface area contributed by atoms with Crippen molar-refractivity contribution in [1.82, 2.24) is 4.98 Å². The summed E-state index contributed by atoms with van der Waals surface area (Å²) in [5.74, 6) is -1.38. The van der Waals surface area contributed by atoms with E-state index in [1.54, 1.807) is 18.5 Å². The Bertz CT molecular complexity index is 1090. The summed E-state index contributed by atoms with van der Waals surface area (Å²) in [6, 6.07) is 11.2. The molecule has 3 rings (SSSR count). The normalized spacial score (nSPS) is 11.1. The molecule has 10 heteroatoms. The van der Waals surface area contributed by atoms with E-state index >= 15 is 0 Å². The van der Waals surface area contributed by atoms with Gasteiger partial charge in [-0.1, -0.05) is 6.07 Å². The third kappa shape index (κ3) is 6.55. The fourth-order valence-electron chi connectivity index (χ4n) is 2.70. The highest BCUT2D eigenvalue weighted by atomic mass is 32.2. The number of alkyl halides is 3. The number of pyridine rings is 1. The number of benzene rings is 2. The largest absolute Gasteiger partial charge is 0.418 e. The van der Waals surface area contributed by atoms with E-state index < -0.39 is 35.1 Å². The van der Waals surface area contributed by atoms with E-state index in [0.717, 1.165) is 29.8 Å². The number of rotatable bonds is 7. The molecule has 0 aliphatic rings. The molecule has 0 aliphatic carbocycles. The van der Waals surface area contributed by atoms with Crippen molar-refractivity contribution in [3.8, 4) is 0 Å². The molecule has 2 amide bonds. The number of halogens is 4. The Morgan fingerprint density at radius 1 is 1.00 bits per heavy atom. The monoisotopic (exact) mass is 463 g/mol. The summed E-state index contributed by atoms with van der Waals surface area (Å²) in [6.07, 6.45) is -1.50. The number of hydrogen-bond acceptors (Lipinski definition) is 4. The van der Waals surface area contributed by atoms with E-state index in [0.29, 0.717) is 5.75 Å². The maximum atomic E-state index is 13.5. The number of carbonyl (C=O) groups excluding carboxylic acids is 2. The van der Waals surface area contributed by atoms with Gasteiger partial charge in [0.25, 0.3) is 5.91 Å². The molecule has 0 radical (unpaired) electrons. The van der Waals surface area contributed by atoms with Crippen molar-refractivity contribution in [3.63, 3.8) is 0 Å². The molecule has 0 spiro atoms. The van der Waals surface area contributed by atoms with Crippen molar-refractivity contribution in [1.29, 1.82) is 0 Å². The lowest BCUT2D eigenvalue weighted by Crippen LogP contribution is -2.19. The van der Waals surface area contributed by atoms with Crippen LogP contribution in [-0.4, -0.2) is 22.6 Å². The summed E-state index contributed by atoms with van der Waals surface area (Å²) in [6.45, 7) is 0. The van der Waals surface area contributed by atoms with Crippen molar-refractivity contribution >= 4 is 35.0 Å². The van der Waals surface area contributed by atoms with Crippen LogP contribution in [-0.2, 0) is 16.7 Å². The molecule has 1 heterocycles. The van der Waals surface area contributed by atoms with Crippen molar-refractivity contribution in [2.24, 2.45) is 0 Å². The Hall–Kier alpha value is -3.40. The van der Waals surface area contributed by atoms with Gasteiger partial charge in [0.1, 0.15) is 5.82 Å². The van der Waals surface area contributed by atoms with E-state index in [-0.39, 0.29) is 17.0 Å². The first kappa shape index (κ1) is 23.3. The molecular formula is C22H17F4N3O2S. The number of nitrogens with one attached hydrogen (secondary N) is 2. The third-order valence-corrected chi connectivity index (χ3v) is 5.19. The molecule has 0 unspecified atom stereocenters. The fraction of sp³-hybridized carbons (Fsp3) is 0.136. The number of amides is 2. The third-order valence-electron chi connectivity index (χ3n) is 4.19. The highest BCUT2D eigenvalue weighted by Crippen LogP contribution is 2.36. The maximum absolute atomic E-state index is 13.5. The van der Waals surface area contributed by atoms with E-state index in [4.69, 9.17) is 0 Å². The van der Waals surface area contributed by atoms with Crippen LogP contribution in [0.5, 0.6) is 0 Å². The lowest BCUT2D eigenvalue weighted by Gasteiger charge is -2.16. The van der Waals surface area contributed by atoms with Gasteiger partial charge in [-0.3, -0.25) is 14.6 Å². The number of thioether (sulfide) groups is 1. The summed E-state index contributed by atoms with van der Waals surface area (Å²) < 4.78 is 53.6. The van der Waals surface area contributed by atoms with Gasteiger partial charge in [0.05, 0.1) is 17.0 Å². The number of nitrogens with zero attached hydrogens (tertiary/aromatic N) is 1. The van der Waals surface area contributed by atoms with Crippen molar-refractivity contribution < 1.29 is 27.2 Å². The number of carbonyl (C=O) groups is 2. The highest BCUT2D eigenvalue weighted by Gasteiger charge is 2.34. The number of aromatic nitrogens is 1. The minimum atomic E-state index is -4.76. The van der Waals surface area contributed by atoms with Crippen molar-refractivity contribution in [2.45, 2.75) is 11.9 Å². The maximum Gasteiger partial charge on any atom is 0.418 e. The Morgan fingerprint density at radius 2 is 1.75 bits per heavy atom. The second-order valence-electron chi connectivity index (χ2n) is 6.62. The van der Waals surface area contributed by atoms with Crippen LogP contribution in [0, 0.1) is 5.82 Å². The first-order valence-corrected chi connectivity index (χ1v) is 10.4. The van der Waals surface area contributed by atoms with Crippen molar-refractivity contribution in [2.75, 3.05) is 16.4 Å². The molecule has 0 atom stereocenters. The average molecular weight is 463 g/mol. The molecule has 5 nitrogen and oxygen atoms in total. The first-order valence-electron chi connectivity index (χ1n) is 9.27. The molecule has 32 heavy (non-hydrogen) atoms. The molecule has 0 fully saturated rings. The number of hydrogen-bond donors (Lipinski definition) is 2. The number of anilines is 2. The van der Waals surface area contributed by atoms with Crippen LogP contribution in [0.2, 0.25) is 0 Å². The zero-order chi connectivity index (χ0) is 23.1. The zero-order valence-electron chi connectivity index (χ0n) is 16.4. The van der Waals surface area contributed by atoms with Gasteiger partial charge >= 0.3 is 6.18 Å². The molecular weight excluding hydrogens is 446 g/mol. The second-order valence-corrected chi connectivity index (χ2v) is 7.61. The molecule has 2 aromatic carbocycles. The summed E-state index contributed by atoms with van der Waals surface area (Å²) in [5, 5.41) is 4.61. The zero-order valence-corrected chi connectivity index (χ0v) is 17.3. The van der Waals surface area contributed by atoms with Crippen LogP contribution in [0.25, 0.3) is 0 Å². The van der Waals surface area contributed by atoms with Gasteiger partial charge in [0.15, 0.2) is 0 Å². The van der Waals surface area contributed by atoms with Gasteiger partial charge < -0.3 is 10.6 Å². The Balaban J connectivity index is 1.67. The smallest absolute Gasteiger partial charge is 0.325 e. The summed E-state index contributed by atoms with van der Waals surface area (Å²) >= 11 is 1.24. The molecule has 0 saturated carbocycles. The molecule has 3 aromatic rings. The minimum absolute atomic E-state index is 0.0464. The quantitative estimate of drug-likeness (QED) is 0.463. The van der Waals surface area contributed by atoms with Crippen molar-refractivity contribution in [3.05, 3.63) is 89.5 Å². The Kier molecular flexibility index (Phi) is 7.47. The minimum Gasteiger partial charge on any atom is -0.325 e. The van der Waals surface area contributed by atoms with E-state index in [1.807, 2.05) is 6.07 Å². The van der Waals surface area contributed by atoms with Crippen LogP contribution >= 0.6 is 11.8 Å². The van der Waals surface area contributed by atoms with Gasteiger partial charge in [0.2, 0.25) is 5.91 Å². The van der Waals surface area contributed by atoms with Gasteiger partial charge in [-0.25, -0.2) is 4.39 Å². The van der Waals surface area contributed by atoms with Gasteiger partial charge in [0, 0.05) is 29.4 Å². The predicted octanol–water partition coefficient (Wildman–Crippen LogP) is 5.36. The predicted molar refractivity (Wildman–Crippen MR) is 115 cm³/mol. The van der Waals surface area contributed by atoms with Crippen LogP contribution in [0.1, 0.15) is 21.5 Å². The SMILES string of the molecule is O=C(CSCc1cccnc1)Nc1ccc(NC(=O)c2ccc(F)cc2)cc1C(F)(F)F. The van der Waals surface area contributed by atoms with Gasteiger partial charge in [-0.2, -0.15) is 13.2 Å². The molecule has 0 aliphatic heterocycles. The lowest BCUT2D eigenvalue weighted by atomic mass is 10.1. The van der Waals surface area contributed by atoms with Crippen LogP contribution < -0.4 is 10.6 Å². The van der Waals surface area contributed by atoms with E-state index in [1.165, 1.54) is 30.0 Å². The standard InChI is InChI=1S/C22H17F4N3O2S/c23-16-5-3-15(4-6-16)21(31)28-17-7-8-19(18(10-17)22(24,25)26)29-20(30)13-32-12-14-2-1-9-27-11-14/h1-11H,12-13H2,(H,28,31)(H,29,30).